The van der Waals surface area contributed by atoms with Crippen molar-refractivity contribution in [1.29, 1.82) is 0 Å². The Morgan fingerprint density at radius 2 is 2.00 bits per heavy atom. The fraction of sp³-hybridized carbons (Fsp3) is 0.133. The molecular formula is C15H14N2O. The zero-order chi connectivity index (χ0) is 12.7. The first-order chi connectivity index (χ1) is 8.65. The Bertz CT molecular complexity index is 728. The van der Waals surface area contributed by atoms with E-state index < -0.39 is 0 Å². The summed E-state index contributed by atoms with van der Waals surface area (Å²) in [5.74, 6) is 0.719. The summed E-state index contributed by atoms with van der Waals surface area (Å²) in [5, 5.41) is 1.08. The van der Waals surface area contributed by atoms with E-state index >= 15 is 0 Å². The number of nitrogens with two attached hydrogens (primary N) is 1. The van der Waals surface area contributed by atoms with Gasteiger partial charge in [-0.2, -0.15) is 0 Å². The quantitative estimate of drug-likeness (QED) is 0.703. The zero-order valence-electron chi connectivity index (χ0n) is 10.4. The molecule has 3 rings (SSSR count). The largest absolute Gasteiger partial charge is 0.454 e. The minimum atomic E-state index is 0.645. The highest BCUT2D eigenvalue weighted by Crippen LogP contribution is 2.31. The van der Waals surface area contributed by atoms with Gasteiger partial charge in [-0.3, -0.25) is 4.98 Å². The number of furan rings is 1. The molecule has 0 spiro atoms. The van der Waals surface area contributed by atoms with Crippen LogP contribution in [0.1, 0.15) is 11.1 Å². The van der Waals surface area contributed by atoms with Gasteiger partial charge in [0.25, 0.3) is 0 Å². The number of nitrogens with zero attached hydrogens (tertiary/aromatic N) is 1. The van der Waals surface area contributed by atoms with E-state index in [-0.39, 0.29) is 0 Å². The average molecular weight is 238 g/mol. The van der Waals surface area contributed by atoms with Gasteiger partial charge in [-0.05, 0) is 37.1 Å². The first-order valence-electron chi connectivity index (χ1n) is 5.87. The number of rotatable bonds is 1. The van der Waals surface area contributed by atoms with Crippen molar-refractivity contribution < 1.29 is 4.42 Å². The Kier molecular flexibility index (Phi) is 2.33. The maximum absolute atomic E-state index is 5.99. The number of anilines is 1. The molecule has 0 bridgehead atoms. The van der Waals surface area contributed by atoms with Crippen LogP contribution < -0.4 is 5.73 Å². The number of aromatic nitrogens is 1. The number of hydrogen-bond acceptors (Lipinski definition) is 3. The van der Waals surface area contributed by atoms with Gasteiger partial charge < -0.3 is 10.2 Å². The van der Waals surface area contributed by atoms with Crippen molar-refractivity contribution in [1.82, 2.24) is 4.98 Å². The summed E-state index contributed by atoms with van der Waals surface area (Å²) in [4.78, 5) is 4.35. The summed E-state index contributed by atoms with van der Waals surface area (Å²) in [6.07, 6.45) is 1.80. The third-order valence-electron chi connectivity index (χ3n) is 3.03. The fourth-order valence-electron chi connectivity index (χ4n) is 2.12. The van der Waals surface area contributed by atoms with Gasteiger partial charge in [0.2, 0.25) is 0 Å². The summed E-state index contributed by atoms with van der Waals surface area (Å²) in [5.41, 5.74) is 10.4. The Morgan fingerprint density at radius 1 is 1.17 bits per heavy atom. The molecule has 90 valence electrons. The van der Waals surface area contributed by atoms with Crippen LogP contribution in [0.5, 0.6) is 0 Å². The normalized spacial score (nSPS) is 11.0. The van der Waals surface area contributed by atoms with Crippen LogP contribution in [0, 0.1) is 13.8 Å². The minimum Gasteiger partial charge on any atom is -0.454 e. The van der Waals surface area contributed by atoms with Gasteiger partial charge in [0.05, 0.1) is 5.69 Å². The van der Waals surface area contributed by atoms with Crippen LogP contribution in [-0.2, 0) is 0 Å². The maximum atomic E-state index is 5.99. The number of pyridine rings is 1. The molecule has 0 atom stereocenters. The lowest BCUT2D eigenvalue weighted by Crippen LogP contribution is -1.93. The molecule has 2 N–H and O–H groups in total. The van der Waals surface area contributed by atoms with Crippen LogP contribution >= 0.6 is 0 Å². The highest BCUT2D eigenvalue weighted by atomic mass is 16.3. The molecule has 0 saturated heterocycles. The van der Waals surface area contributed by atoms with E-state index in [2.05, 4.69) is 4.98 Å². The van der Waals surface area contributed by atoms with Gasteiger partial charge in [0, 0.05) is 11.6 Å². The standard InChI is InChI=1S/C15H14N2O/c1-9-6-12(16)14(17-8-9)13-7-11-5-3-4-10(2)15(11)18-13/h3-8H,16H2,1-2H3. The van der Waals surface area contributed by atoms with E-state index in [1.54, 1.807) is 6.20 Å². The molecule has 0 aliphatic rings. The summed E-state index contributed by atoms with van der Waals surface area (Å²) in [6, 6.07) is 9.96. The number of para-hydroxylation sites is 1. The predicted octanol–water partition coefficient (Wildman–Crippen LogP) is 3.69. The van der Waals surface area contributed by atoms with Gasteiger partial charge in [-0.25, -0.2) is 0 Å². The van der Waals surface area contributed by atoms with E-state index in [1.807, 2.05) is 44.2 Å². The van der Waals surface area contributed by atoms with Gasteiger partial charge in [-0.15, -0.1) is 0 Å². The van der Waals surface area contributed by atoms with Crippen LogP contribution in [0.4, 0.5) is 5.69 Å². The second kappa shape index (κ2) is 3.88. The van der Waals surface area contributed by atoms with Crippen molar-refractivity contribution in [2.24, 2.45) is 0 Å². The lowest BCUT2D eigenvalue weighted by Gasteiger charge is -2.01. The Labute approximate surface area is 105 Å². The smallest absolute Gasteiger partial charge is 0.155 e. The fourth-order valence-corrected chi connectivity index (χ4v) is 2.12. The SMILES string of the molecule is Cc1cnc(-c2cc3cccc(C)c3o2)c(N)c1. The van der Waals surface area contributed by atoms with Gasteiger partial charge in [0.15, 0.2) is 5.76 Å². The number of aryl methyl sites for hydroxylation is 2. The molecule has 0 aliphatic carbocycles. The average Bonchev–Trinajstić information content (AvgIpc) is 2.74. The predicted molar refractivity (Wildman–Crippen MR) is 73.3 cm³/mol. The van der Waals surface area contributed by atoms with Crippen molar-refractivity contribution >= 4 is 16.7 Å². The first kappa shape index (κ1) is 10.8. The number of fused-ring (bicyclic) bond motifs is 1. The van der Waals surface area contributed by atoms with Gasteiger partial charge >= 0.3 is 0 Å². The van der Waals surface area contributed by atoms with Crippen molar-refractivity contribution in [3.63, 3.8) is 0 Å². The van der Waals surface area contributed by atoms with Crippen molar-refractivity contribution in [2.45, 2.75) is 13.8 Å². The molecule has 0 aliphatic heterocycles. The van der Waals surface area contributed by atoms with E-state index in [1.165, 1.54) is 0 Å². The highest BCUT2D eigenvalue weighted by molar-refractivity contribution is 5.86. The molecule has 0 fully saturated rings. The Morgan fingerprint density at radius 3 is 2.72 bits per heavy atom. The van der Waals surface area contributed by atoms with Crippen molar-refractivity contribution in [3.05, 3.63) is 47.7 Å². The number of benzene rings is 1. The number of hydrogen-bond donors (Lipinski definition) is 1. The minimum absolute atomic E-state index is 0.645. The molecule has 2 aromatic heterocycles. The van der Waals surface area contributed by atoms with Crippen LogP contribution in [0.15, 0.2) is 40.9 Å². The van der Waals surface area contributed by atoms with Gasteiger partial charge in [-0.1, -0.05) is 18.2 Å². The zero-order valence-corrected chi connectivity index (χ0v) is 10.4. The molecule has 2 heterocycles. The van der Waals surface area contributed by atoms with Crippen LogP contribution in [0.3, 0.4) is 0 Å². The lowest BCUT2D eigenvalue weighted by atomic mass is 10.1. The molecule has 3 heteroatoms. The number of nitrogen functional groups attached to an aromatic ring is 1. The third kappa shape index (κ3) is 1.64. The highest BCUT2D eigenvalue weighted by Gasteiger charge is 2.11. The summed E-state index contributed by atoms with van der Waals surface area (Å²) >= 11 is 0. The summed E-state index contributed by atoms with van der Waals surface area (Å²) in [6.45, 7) is 4.00. The van der Waals surface area contributed by atoms with Crippen LogP contribution in [-0.4, -0.2) is 4.98 Å². The molecular weight excluding hydrogens is 224 g/mol. The van der Waals surface area contributed by atoms with Crippen LogP contribution in [0.25, 0.3) is 22.4 Å². The van der Waals surface area contributed by atoms with E-state index in [9.17, 15) is 0 Å². The van der Waals surface area contributed by atoms with Crippen LogP contribution in [0.2, 0.25) is 0 Å². The molecule has 3 aromatic rings. The molecule has 0 amide bonds. The Balaban J connectivity index is 2.23. The second-order valence-electron chi connectivity index (χ2n) is 4.55. The molecule has 18 heavy (non-hydrogen) atoms. The Hall–Kier alpha value is -2.29. The maximum Gasteiger partial charge on any atom is 0.155 e. The first-order valence-corrected chi connectivity index (χ1v) is 5.87. The lowest BCUT2D eigenvalue weighted by molar-refractivity contribution is 0.626. The summed E-state index contributed by atoms with van der Waals surface area (Å²) < 4.78 is 5.86. The van der Waals surface area contributed by atoms with E-state index in [0.29, 0.717) is 11.4 Å². The molecule has 0 radical (unpaired) electrons. The molecule has 0 saturated carbocycles. The van der Waals surface area contributed by atoms with E-state index in [0.717, 1.165) is 27.9 Å². The van der Waals surface area contributed by atoms with Crippen molar-refractivity contribution in [2.75, 3.05) is 5.73 Å². The molecule has 3 nitrogen and oxygen atoms in total. The monoisotopic (exact) mass is 238 g/mol. The second-order valence-corrected chi connectivity index (χ2v) is 4.55. The van der Waals surface area contributed by atoms with E-state index in [4.69, 9.17) is 10.2 Å². The third-order valence-corrected chi connectivity index (χ3v) is 3.03. The summed E-state index contributed by atoms with van der Waals surface area (Å²) in [7, 11) is 0. The van der Waals surface area contributed by atoms with Crippen molar-refractivity contribution in [3.8, 4) is 11.5 Å². The molecule has 1 aromatic carbocycles. The molecule has 0 unspecified atom stereocenters. The topological polar surface area (TPSA) is 52.0 Å². The van der Waals surface area contributed by atoms with Gasteiger partial charge in [0.1, 0.15) is 11.3 Å².